The predicted molar refractivity (Wildman–Crippen MR) is 187 cm³/mol. The Labute approximate surface area is 278 Å². The van der Waals surface area contributed by atoms with Gasteiger partial charge in [-0.25, -0.2) is 13.4 Å². The Morgan fingerprint density at radius 1 is 1.00 bits per heavy atom. The van der Waals surface area contributed by atoms with Gasteiger partial charge in [0.2, 0.25) is 16.0 Å². The lowest BCUT2D eigenvalue weighted by Crippen LogP contribution is -2.42. The van der Waals surface area contributed by atoms with Crippen molar-refractivity contribution in [1.29, 1.82) is 0 Å². The maximum Gasteiger partial charge on any atom is 0.237 e. The summed E-state index contributed by atoms with van der Waals surface area (Å²) in [5.74, 6) is 1.51. The second-order valence-electron chi connectivity index (χ2n) is 12.0. The third-order valence-corrected chi connectivity index (χ3v) is 11.7. The van der Waals surface area contributed by atoms with Crippen molar-refractivity contribution in [3.05, 3.63) is 52.9 Å². The van der Waals surface area contributed by atoms with Crippen LogP contribution >= 0.6 is 15.9 Å². The molecule has 1 saturated heterocycles. The van der Waals surface area contributed by atoms with Crippen LogP contribution in [0.2, 0.25) is 0 Å². The number of fused-ring (bicyclic) bond motifs is 1. The number of hydrogen-bond donors (Lipinski definition) is 2. The fraction of sp³-hybridized carbons (Fsp3) is 0.438. The first-order valence-corrected chi connectivity index (χ1v) is 17.8. The molecule has 0 amide bonds. The molecule has 0 bridgehead atoms. The minimum Gasteiger partial charge on any atom is -0.494 e. The number of nitrogens with zero attached hydrogens (tertiary/aromatic N) is 7. The number of sulfonamides is 1. The van der Waals surface area contributed by atoms with Crippen molar-refractivity contribution in [2.45, 2.75) is 50.3 Å². The molecule has 12 nitrogen and oxygen atoms in total. The van der Waals surface area contributed by atoms with Gasteiger partial charge in [-0.3, -0.25) is 14.3 Å². The number of ether oxygens (including phenoxy) is 1. The van der Waals surface area contributed by atoms with Gasteiger partial charge in [0.15, 0.2) is 0 Å². The minimum atomic E-state index is -3.57. The number of methoxy groups -OCH3 is 1. The van der Waals surface area contributed by atoms with E-state index in [0.717, 1.165) is 38.0 Å². The van der Waals surface area contributed by atoms with E-state index in [0.29, 0.717) is 63.3 Å². The highest BCUT2D eigenvalue weighted by Gasteiger charge is 2.40. The molecule has 0 spiro atoms. The average molecular weight is 711 g/mol. The molecule has 244 valence electrons. The quantitative estimate of drug-likeness (QED) is 0.199. The third kappa shape index (κ3) is 6.42. The SMILES string of the molecule is CCc1cc(Nc2ncc(Br)c(Nc3ccc4nccnc4c3N(C)S(=O)(=O)C3CC3)n2)c(OC)cc1N1CCC(N(C)C)CC1. The van der Waals surface area contributed by atoms with Gasteiger partial charge in [-0.15, -0.1) is 0 Å². The molecule has 2 aromatic heterocycles. The molecule has 1 aliphatic heterocycles. The topological polar surface area (TPSA) is 129 Å². The van der Waals surface area contributed by atoms with Gasteiger partial charge < -0.3 is 25.2 Å². The summed E-state index contributed by atoms with van der Waals surface area (Å²) in [5.41, 5.74) is 5.18. The second kappa shape index (κ2) is 13.2. The molecule has 6 rings (SSSR count). The molecule has 2 aliphatic rings. The van der Waals surface area contributed by atoms with Crippen molar-refractivity contribution < 1.29 is 13.2 Å². The van der Waals surface area contributed by atoms with Gasteiger partial charge in [0.05, 0.1) is 33.7 Å². The number of anilines is 6. The summed E-state index contributed by atoms with van der Waals surface area (Å²) in [5, 5.41) is 6.30. The molecule has 2 N–H and O–H groups in total. The van der Waals surface area contributed by atoms with Gasteiger partial charge in [-0.05, 0) is 85.9 Å². The number of benzene rings is 2. The van der Waals surface area contributed by atoms with E-state index in [1.165, 1.54) is 15.6 Å². The monoisotopic (exact) mass is 709 g/mol. The molecule has 14 heteroatoms. The Bertz CT molecular complexity index is 1840. The average Bonchev–Trinajstić information content (AvgIpc) is 3.92. The van der Waals surface area contributed by atoms with Gasteiger partial charge in [0.1, 0.15) is 22.8 Å². The molecule has 1 saturated carbocycles. The highest BCUT2D eigenvalue weighted by Crippen LogP contribution is 2.41. The van der Waals surface area contributed by atoms with Crippen molar-refractivity contribution >= 4 is 71.5 Å². The summed E-state index contributed by atoms with van der Waals surface area (Å²) >= 11 is 3.57. The van der Waals surface area contributed by atoms with E-state index in [1.807, 2.05) is 6.07 Å². The largest absolute Gasteiger partial charge is 0.494 e. The van der Waals surface area contributed by atoms with E-state index in [-0.39, 0.29) is 0 Å². The number of hydrogen-bond acceptors (Lipinski definition) is 11. The van der Waals surface area contributed by atoms with Crippen LogP contribution in [0, 0.1) is 0 Å². The number of nitrogens with one attached hydrogen (secondary N) is 2. The highest BCUT2D eigenvalue weighted by molar-refractivity contribution is 9.10. The van der Waals surface area contributed by atoms with Crippen LogP contribution in [0.5, 0.6) is 5.75 Å². The fourth-order valence-electron chi connectivity index (χ4n) is 6.00. The zero-order chi connectivity index (χ0) is 32.6. The Morgan fingerprint density at radius 3 is 2.41 bits per heavy atom. The number of aromatic nitrogens is 4. The van der Waals surface area contributed by atoms with Crippen LogP contribution < -0.4 is 24.6 Å². The lowest BCUT2D eigenvalue weighted by Gasteiger charge is -2.37. The molecule has 4 aromatic rings. The summed E-state index contributed by atoms with van der Waals surface area (Å²) < 4.78 is 34.4. The van der Waals surface area contributed by atoms with Gasteiger partial charge in [0, 0.05) is 56.5 Å². The van der Waals surface area contributed by atoms with Crippen LogP contribution in [0.4, 0.5) is 34.5 Å². The predicted octanol–water partition coefficient (Wildman–Crippen LogP) is 5.70. The molecule has 2 aromatic carbocycles. The number of piperidine rings is 1. The van der Waals surface area contributed by atoms with E-state index < -0.39 is 15.3 Å². The first-order valence-electron chi connectivity index (χ1n) is 15.5. The molecular weight excluding hydrogens is 670 g/mol. The van der Waals surface area contributed by atoms with Gasteiger partial charge in [-0.2, -0.15) is 4.98 Å². The van der Waals surface area contributed by atoms with E-state index in [4.69, 9.17) is 9.72 Å². The van der Waals surface area contributed by atoms with Crippen LogP contribution in [-0.4, -0.2) is 85.9 Å². The molecule has 46 heavy (non-hydrogen) atoms. The van der Waals surface area contributed by atoms with Gasteiger partial charge in [0.25, 0.3) is 0 Å². The summed E-state index contributed by atoms with van der Waals surface area (Å²) in [6.07, 6.45) is 9.20. The Morgan fingerprint density at radius 2 is 1.74 bits per heavy atom. The third-order valence-electron chi connectivity index (χ3n) is 8.82. The summed E-state index contributed by atoms with van der Waals surface area (Å²) in [4.78, 5) is 22.9. The molecule has 0 unspecified atom stereocenters. The minimum absolute atomic E-state index is 0.353. The molecule has 3 heterocycles. The van der Waals surface area contributed by atoms with Crippen molar-refractivity contribution in [3.8, 4) is 5.75 Å². The van der Waals surface area contributed by atoms with Crippen LogP contribution in [0.3, 0.4) is 0 Å². The van der Waals surface area contributed by atoms with Crippen molar-refractivity contribution in [2.75, 3.05) is 61.2 Å². The standard InChI is InChI=1S/C32H40BrN9O3S/c1-6-20-17-26(28(45-5)18-27(20)42-15-11-21(12-16-42)40(2)3)38-32-36-19-23(33)31(39-32)37-25-10-9-24-29(35-14-13-34-24)30(25)41(4)46(43,44)22-7-8-22/h9-10,13-14,17-19,21-22H,6-8,11-12,15-16H2,1-5H3,(H2,36,37,38,39). The van der Waals surface area contributed by atoms with E-state index >= 15 is 0 Å². The van der Waals surface area contributed by atoms with E-state index in [9.17, 15) is 8.42 Å². The number of halogens is 1. The summed E-state index contributed by atoms with van der Waals surface area (Å²) in [6, 6.07) is 8.42. The lowest BCUT2D eigenvalue weighted by molar-refractivity contribution is 0.249. The molecule has 0 radical (unpaired) electrons. The second-order valence-corrected chi connectivity index (χ2v) is 15.1. The number of rotatable bonds is 11. The molecular formula is C32H40BrN9O3S. The van der Waals surface area contributed by atoms with Crippen LogP contribution in [0.15, 0.2) is 47.3 Å². The number of aryl methyl sites for hydroxylation is 1. The summed E-state index contributed by atoms with van der Waals surface area (Å²) in [6.45, 7) is 4.15. The van der Waals surface area contributed by atoms with Crippen LogP contribution in [0.25, 0.3) is 11.0 Å². The molecule has 2 fully saturated rings. The molecule has 0 atom stereocenters. The zero-order valence-electron chi connectivity index (χ0n) is 26.8. The smallest absolute Gasteiger partial charge is 0.237 e. The molecule has 1 aliphatic carbocycles. The maximum atomic E-state index is 13.3. The van der Waals surface area contributed by atoms with Gasteiger partial charge in [-0.1, -0.05) is 6.92 Å². The van der Waals surface area contributed by atoms with Crippen molar-refractivity contribution in [1.82, 2.24) is 24.8 Å². The van der Waals surface area contributed by atoms with Crippen molar-refractivity contribution in [2.24, 2.45) is 0 Å². The first kappa shape index (κ1) is 32.2. The Kier molecular flexibility index (Phi) is 9.22. The summed E-state index contributed by atoms with van der Waals surface area (Å²) in [7, 11) is 3.97. The lowest BCUT2D eigenvalue weighted by atomic mass is 10.0. The Balaban J connectivity index is 1.30. The van der Waals surface area contributed by atoms with Gasteiger partial charge >= 0.3 is 0 Å². The van der Waals surface area contributed by atoms with Crippen molar-refractivity contribution in [3.63, 3.8) is 0 Å². The zero-order valence-corrected chi connectivity index (χ0v) is 29.2. The fourth-order valence-corrected chi connectivity index (χ4v) is 7.91. The van der Waals surface area contributed by atoms with E-state index in [2.05, 4.69) is 84.5 Å². The Hall–Kier alpha value is -3.75. The van der Waals surface area contributed by atoms with Crippen LogP contribution in [0.1, 0.15) is 38.2 Å². The van der Waals surface area contributed by atoms with Crippen LogP contribution in [-0.2, 0) is 16.4 Å². The highest BCUT2D eigenvalue weighted by atomic mass is 79.9. The maximum absolute atomic E-state index is 13.3. The van der Waals surface area contributed by atoms with E-state index in [1.54, 1.807) is 38.8 Å². The first-order chi connectivity index (χ1) is 22.1. The normalized spacial score (nSPS) is 15.8.